The first-order valence-electron chi connectivity index (χ1n) is 6.85. The van der Waals surface area contributed by atoms with Crippen LogP contribution >= 0.6 is 11.6 Å². The van der Waals surface area contributed by atoms with Gasteiger partial charge in [0.25, 0.3) is 0 Å². The number of halogens is 4. The summed E-state index contributed by atoms with van der Waals surface area (Å²) in [6.07, 6.45) is -3.53. The van der Waals surface area contributed by atoms with Crippen molar-refractivity contribution in [3.05, 3.63) is 52.7 Å². The predicted octanol–water partition coefficient (Wildman–Crippen LogP) is 4.14. The number of nitrogens with zero attached hydrogens (tertiary/aromatic N) is 3. The molecule has 22 heavy (non-hydrogen) atoms. The van der Waals surface area contributed by atoms with E-state index in [0.29, 0.717) is 23.1 Å². The molecule has 2 aromatic rings. The Labute approximate surface area is 130 Å². The van der Waals surface area contributed by atoms with Gasteiger partial charge in [-0.2, -0.15) is 13.2 Å². The molecule has 1 aliphatic heterocycles. The van der Waals surface area contributed by atoms with Gasteiger partial charge in [-0.3, -0.25) is 0 Å². The maximum atomic E-state index is 12.8. The molecule has 1 aromatic carbocycles. The van der Waals surface area contributed by atoms with Crippen LogP contribution in [0.5, 0.6) is 0 Å². The molecule has 1 atom stereocenters. The number of aromatic nitrogens is 2. The van der Waals surface area contributed by atoms with Gasteiger partial charge in [-0.25, -0.2) is 0 Å². The lowest BCUT2D eigenvalue weighted by Crippen LogP contribution is -2.20. The normalized spacial score (nSPS) is 18.7. The monoisotopic (exact) mass is 327 g/mol. The highest BCUT2D eigenvalue weighted by Gasteiger charge is 2.32. The summed E-state index contributed by atoms with van der Waals surface area (Å²) in [4.78, 5) is 2.01. The molecule has 1 aliphatic rings. The van der Waals surface area contributed by atoms with Gasteiger partial charge < -0.3 is 4.90 Å². The van der Waals surface area contributed by atoms with Crippen molar-refractivity contribution in [2.24, 2.45) is 0 Å². The van der Waals surface area contributed by atoms with Gasteiger partial charge in [-0.05, 0) is 30.2 Å². The molecule has 0 N–H and O–H groups in total. The third kappa shape index (κ3) is 3.16. The molecule has 0 radical (unpaired) electrons. The van der Waals surface area contributed by atoms with Crippen molar-refractivity contribution in [1.82, 2.24) is 10.2 Å². The third-order valence-electron chi connectivity index (χ3n) is 3.82. The number of alkyl halides is 3. The number of hydrogen-bond acceptors (Lipinski definition) is 3. The van der Waals surface area contributed by atoms with Gasteiger partial charge >= 0.3 is 6.18 Å². The van der Waals surface area contributed by atoms with Crippen molar-refractivity contribution in [1.29, 1.82) is 0 Å². The van der Waals surface area contributed by atoms with E-state index in [0.717, 1.165) is 19.0 Å². The van der Waals surface area contributed by atoms with Gasteiger partial charge in [0.05, 0.1) is 5.56 Å². The quantitative estimate of drug-likeness (QED) is 0.830. The maximum Gasteiger partial charge on any atom is 0.416 e. The summed E-state index contributed by atoms with van der Waals surface area (Å²) < 4.78 is 38.4. The molecule has 1 fully saturated rings. The molecule has 1 unspecified atom stereocenters. The number of anilines is 1. The first-order chi connectivity index (χ1) is 10.4. The van der Waals surface area contributed by atoms with Crippen LogP contribution in [-0.4, -0.2) is 23.3 Å². The molecule has 1 saturated heterocycles. The lowest BCUT2D eigenvalue weighted by molar-refractivity contribution is -0.137. The molecule has 0 spiro atoms. The molecule has 1 aromatic heterocycles. The molecule has 0 amide bonds. The van der Waals surface area contributed by atoms with Crippen molar-refractivity contribution in [2.75, 3.05) is 18.0 Å². The Hall–Kier alpha value is -1.82. The first kappa shape index (κ1) is 15.1. The van der Waals surface area contributed by atoms with E-state index in [1.54, 1.807) is 18.2 Å². The molecule has 7 heteroatoms. The molecule has 2 heterocycles. The average molecular weight is 328 g/mol. The Morgan fingerprint density at radius 2 is 1.95 bits per heavy atom. The van der Waals surface area contributed by atoms with Crippen molar-refractivity contribution < 1.29 is 13.2 Å². The van der Waals surface area contributed by atoms with Crippen LogP contribution in [0.4, 0.5) is 19.0 Å². The van der Waals surface area contributed by atoms with Gasteiger partial charge in [0.2, 0.25) is 0 Å². The zero-order valence-corrected chi connectivity index (χ0v) is 12.3. The Morgan fingerprint density at radius 1 is 1.14 bits per heavy atom. The van der Waals surface area contributed by atoms with Crippen LogP contribution < -0.4 is 4.90 Å². The topological polar surface area (TPSA) is 29.0 Å². The second-order valence-corrected chi connectivity index (χ2v) is 5.66. The molecule has 0 aliphatic carbocycles. The number of rotatable bonds is 2. The summed E-state index contributed by atoms with van der Waals surface area (Å²) in [6, 6.07) is 8.97. The van der Waals surface area contributed by atoms with Crippen LogP contribution in [-0.2, 0) is 6.18 Å². The lowest BCUT2D eigenvalue weighted by atomic mass is 9.96. The molecular formula is C15H13ClF3N3. The summed E-state index contributed by atoms with van der Waals surface area (Å²) in [5.41, 5.74) is 0.106. The summed E-state index contributed by atoms with van der Waals surface area (Å²) in [6.45, 7) is 1.36. The van der Waals surface area contributed by atoms with E-state index in [1.165, 1.54) is 12.1 Å². The van der Waals surface area contributed by atoms with Crippen molar-refractivity contribution in [3.63, 3.8) is 0 Å². The number of benzene rings is 1. The summed E-state index contributed by atoms with van der Waals surface area (Å²) >= 11 is 5.70. The summed E-state index contributed by atoms with van der Waals surface area (Å²) in [5, 5.41) is 8.12. The van der Waals surface area contributed by atoms with Crippen LogP contribution in [0.1, 0.15) is 23.5 Å². The van der Waals surface area contributed by atoms with Crippen LogP contribution in [0.3, 0.4) is 0 Å². The highest BCUT2D eigenvalue weighted by Crippen LogP contribution is 2.34. The zero-order valence-electron chi connectivity index (χ0n) is 11.5. The number of hydrogen-bond donors (Lipinski definition) is 0. The first-order valence-corrected chi connectivity index (χ1v) is 7.22. The van der Waals surface area contributed by atoms with Gasteiger partial charge in [0, 0.05) is 19.0 Å². The maximum absolute atomic E-state index is 12.8. The molecule has 0 saturated carbocycles. The Kier molecular flexibility index (Phi) is 3.95. The van der Waals surface area contributed by atoms with E-state index in [4.69, 9.17) is 11.6 Å². The van der Waals surface area contributed by atoms with E-state index in [9.17, 15) is 13.2 Å². The Balaban J connectivity index is 1.76. The molecule has 3 nitrogen and oxygen atoms in total. The van der Waals surface area contributed by atoms with Crippen LogP contribution in [0.2, 0.25) is 5.15 Å². The molecule has 3 rings (SSSR count). The van der Waals surface area contributed by atoms with Gasteiger partial charge in [0.1, 0.15) is 0 Å². The highest BCUT2D eigenvalue weighted by atomic mass is 35.5. The fourth-order valence-corrected chi connectivity index (χ4v) is 2.79. The highest BCUT2D eigenvalue weighted by molar-refractivity contribution is 6.29. The van der Waals surface area contributed by atoms with E-state index in [2.05, 4.69) is 10.2 Å². The Bertz CT molecular complexity index is 658. The largest absolute Gasteiger partial charge is 0.416 e. The zero-order chi connectivity index (χ0) is 15.7. The molecule has 116 valence electrons. The fourth-order valence-electron chi connectivity index (χ4n) is 2.69. The van der Waals surface area contributed by atoms with Crippen LogP contribution in [0.25, 0.3) is 0 Å². The van der Waals surface area contributed by atoms with Crippen molar-refractivity contribution in [2.45, 2.75) is 18.5 Å². The second kappa shape index (κ2) is 5.76. The van der Waals surface area contributed by atoms with Gasteiger partial charge in [-0.1, -0.05) is 29.8 Å². The lowest BCUT2D eigenvalue weighted by Gasteiger charge is -2.17. The predicted molar refractivity (Wildman–Crippen MR) is 78.1 cm³/mol. The third-order valence-corrected chi connectivity index (χ3v) is 4.02. The van der Waals surface area contributed by atoms with E-state index in [-0.39, 0.29) is 5.92 Å². The molecule has 0 bridgehead atoms. The van der Waals surface area contributed by atoms with Crippen molar-refractivity contribution >= 4 is 17.4 Å². The SMILES string of the molecule is FC(F)(F)c1cccc(C2CCN(c3ccc(Cl)nn3)C2)c1. The minimum Gasteiger partial charge on any atom is -0.354 e. The average Bonchev–Trinajstić information content (AvgIpc) is 2.97. The smallest absolute Gasteiger partial charge is 0.354 e. The van der Waals surface area contributed by atoms with Crippen LogP contribution in [0, 0.1) is 0 Å². The summed E-state index contributed by atoms with van der Waals surface area (Å²) in [5.74, 6) is 0.749. The van der Waals surface area contributed by atoms with Gasteiger partial charge in [0.15, 0.2) is 11.0 Å². The second-order valence-electron chi connectivity index (χ2n) is 5.27. The Morgan fingerprint density at radius 3 is 2.64 bits per heavy atom. The van der Waals surface area contributed by atoms with E-state index in [1.807, 2.05) is 4.90 Å². The minimum absolute atomic E-state index is 0.0554. The minimum atomic E-state index is -4.31. The summed E-state index contributed by atoms with van der Waals surface area (Å²) in [7, 11) is 0. The fraction of sp³-hybridized carbons (Fsp3) is 0.333. The van der Waals surface area contributed by atoms with E-state index >= 15 is 0 Å². The van der Waals surface area contributed by atoms with Crippen LogP contribution in [0.15, 0.2) is 36.4 Å². The van der Waals surface area contributed by atoms with Crippen molar-refractivity contribution in [3.8, 4) is 0 Å². The molecular weight excluding hydrogens is 315 g/mol. The van der Waals surface area contributed by atoms with Gasteiger partial charge in [-0.15, -0.1) is 10.2 Å². The standard InChI is InChI=1S/C15H13ClF3N3/c16-13-4-5-14(21-20-13)22-7-6-11(9-22)10-2-1-3-12(8-10)15(17,18)19/h1-5,8,11H,6-7,9H2. The van der Waals surface area contributed by atoms with E-state index < -0.39 is 11.7 Å².